The number of rotatable bonds is 5. The molecule has 0 unspecified atom stereocenters. The number of nitrogens with zero attached hydrogens (tertiary/aromatic N) is 2. The summed E-state index contributed by atoms with van der Waals surface area (Å²) < 4.78 is 6.08. The molecule has 0 spiro atoms. The maximum absolute atomic E-state index is 11.5. The van der Waals surface area contributed by atoms with Crippen LogP contribution in [0.4, 0.5) is 10.5 Å². The Morgan fingerprint density at radius 2 is 2.09 bits per heavy atom. The minimum absolute atomic E-state index is 0.390. The van der Waals surface area contributed by atoms with Gasteiger partial charge < -0.3 is 15.4 Å². The lowest BCUT2D eigenvalue weighted by Crippen LogP contribution is -2.33. The number of fused-ring (bicyclic) bond motifs is 1. The predicted octanol–water partition coefficient (Wildman–Crippen LogP) is 3.72. The molecule has 0 atom stereocenters. The maximum atomic E-state index is 11.5. The van der Waals surface area contributed by atoms with Gasteiger partial charge in [-0.1, -0.05) is 0 Å². The molecule has 0 radical (unpaired) electrons. The zero-order valence-corrected chi connectivity index (χ0v) is 15.1. The molecule has 2 aromatic heterocycles. The number of ether oxygens (including phenoxy) is 1. The molecule has 6 nitrogen and oxygen atoms in total. The molecule has 2 heterocycles. The fraction of sp³-hybridized carbons (Fsp3) is 0.438. The first-order valence-corrected chi connectivity index (χ1v) is 8.25. The summed E-state index contributed by atoms with van der Waals surface area (Å²) >= 11 is 3.39. The van der Waals surface area contributed by atoms with Gasteiger partial charge >= 0.3 is 6.09 Å². The molecule has 2 rings (SSSR count). The topological polar surface area (TPSA) is 76.1 Å². The van der Waals surface area contributed by atoms with Gasteiger partial charge in [-0.25, -0.2) is 4.79 Å². The Hall–Kier alpha value is -1.89. The smallest absolute Gasteiger partial charge is 0.407 e. The van der Waals surface area contributed by atoms with Crippen LogP contribution in [0.15, 0.2) is 29.0 Å². The van der Waals surface area contributed by atoms with E-state index in [1.807, 2.05) is 32.9 Å². The van der Waals surface area contributed by atoms with Crippen LogP contribution in [-0.4, -0.2) is 34.8 Å². The number of hydrogen-bond acceptors (Lipinski definition) is 5. The quantitative estimate of drug-likeness (QED) is 0.772. The summed E-state index contributed by atoms with van der Waals surface area (Å²) in [7, 11) is 0. The maximum Gasteiger partial charge on any atom is 0.407 e. The second-order valence-electron chi connectivity index (χ2n) is 6.09. The van der Waals surface area contributed by atoms with Crippen molar-refractivity contribution in [3.8, 4) is 0 Å². The lowest BCUT2D eigenvalue weighted by Gasteiger charge is -2.19. The largest absolute Gasteiger partial charge is 0.444 e. The van der Waals surface area contributed by atoms with Crippen LogP contribution in [0.5, 0.6) is 0 Å². The summed E-state index contributed by atoms with van der Waals surface area (Å²) in [6.07, 6.45) is 3.88. The average molecular weight is 381 g/mol. The van der Waals surface area contributed by atoms with Gasteiger partial charge in [-0.05, 0) is 55.3 Å². The second kappa shape index (κ2) is 7.59. The highest BCUT2D eigenvalue weighted by Gasteiger charge is 2.15. The first-order chi connectivity index (χ1) is 10.8. The minimum atomic E-state index is -0.474. The molecular formula is C16H21BrN4O2. The molecule has 124 valence electrons. The number of amides is 1. The number of aromatic nitrogens is 2. The first-order valence-electron chi connectivity index (χ1n) is 7.46. The molecule has 2 N–H and O–H groups in total. The highest BCUT2D eigenvalue weighted by Crippen LogP contribution is 2.21. The van der Waals surface area contributed by atoms with Crippen molar-refractivity contribution in [2.24, 2.45) is 0 Å². The van der Waals surface area contributed by atoms with Crippen molar-refractivity contribution in [2.45, 2.75) is 32.8 Å². The van der Waals surface area contributed by atoms with Crippen LogP contribution in [0.3, 0.4) is 0 Å². The lowest BCUT2D eigenvalue weighted by atomic mass is 10.2. The molecule has 0 fully saturated rings. The van der Waals surface area contributed by atoms with Crippen molar-refractivity contribution in [3.63, 3.8) is 0 Å². The molecule has 0 saturated carbocycles. The van der Waals surface area contributed by atoms with Crippen LogP contribution in [0, 0.1) is 0 Å². The number of pyridine rings is 2. The standard InChI is InChI=1S/C16H21BrN4O2/c1-16(2,3)23-15(22)20-7-4-6-18-12-5-8-19-13-9-11(17)10-21-14(12)13/h5,8-10H,4,6-7H2,1-3H3,(H,18,19)(H,20,22). The van der Waals surface area contributed by atoms with Crippen molar-refractivity contribution in [2.75, 3.05) is 18.4 Å². The van der Waals surface area contributed by atoms with E-state index < -0.39 is 11.7 Å². The summed E-state index contributed by atoms with van der Waals surface area (Å²) in [4.78, 5) is 20.2. The van der Waals surface area contributed by atoms with Crippen molar-refractivity contribution >= 4 is 38.7 Å². The van der Waals surface area contributed by atoms with Gasteiger partial charge in [-0.2, -0.15) is 0 Å². The fourth-order valence-corrected chi connectivity index (χ4v) is 2.28. The Morgan fingerprint density at radius 1 is 1.30 bits per heavy atom. The molecule has 1 amide bonds. The van der Waals surface area contributed by atoms with Crippen molar-refractivity contribution < 1.29 is 9.53 Å². The minimum Gasteiger partial charge on any atom is -0.444 e. The molecule has 23 heavy (non-hydrogen) atoms. The molecule has 0 aliphatic rings. The van der Waals surface area contributed by atoms with Gasteiger partial charge in [0.15, 0.2) is 0 Å². The molecule has 0 aliphatic heterocycles. The second-order valence-corrected chi connectivity index (χ2v) is 7.00. The van der Waals surface area contributed by atoms with E-state index in [-0.39, 0.29) is 0 Å². The Bertz CT molecular complexity index is 685. The van der Waals surface area contributed by atoms with E-state index >= 15 is 0 Å². The van der Waals surface area contributed by atoms with Gasteiger partial charge in [0.1, 0.15) is 11.1 Å². The summed E-state index contributed by atoms with van der Waals surface area (Å²) in [6.45, 7) is 6.78. The van der Waals surface area contributed by atoms with E-state index in [9.17, 15) is 4.79 Å². The van der Waals surface area contributed by atoms with Crippen LogP contribution >= 0.6 is 15.9 Å². The van der Waals surface area contributed by atoms with Gasteiger partial charge in [-0.15, -0.1) is 0 Å². The van der Waals surface area contributed by atoms with Crippen molar-refractivity contribution in [1.29, 1.82) is 0 Å². The van der Waals surface area contributed by atoms with E-state index in [0.29, 0.717) is 13.1 Å². The predicted molar refractivity (Wildman–Crippen MR) is 94.6 cm³/mol. The van der Waals surface area contributed by atoms with E-state index in [1.165, 1.54) is 0 Å². The third kappa shape index (κ3) is 5.67. The molecule has 0 aromatic carbocycles. The van der Waals surface area contributed by atoms with Gasteiger partial charge in [0.25, 0.3) is 0 Å². The number of carbonyl (C=O) groups is 1. The van der Waals surface area contributed by atoms with Crippen LogP contribution in [0.1, 0.15) is 27.2 Å². The van der Waals surface area contributed by atoms with E-state index in [0.717, 1.165) is 27.6 Å². The number of anilines is 1. The number of nitrogens with one attached hydrogen (secondary N) is 2. The highest BCUT2D eigenvalue weighted by atomic mass is 79.9. The number of hydrogen-bond donors (Lipinski definition) is 2. The Kier molecular flexibility index (Phi) is 5.76. The Labute approximate surface area is 144 Å². The van der Waals surface area contributed by atoms with E-state index in [2.05, 4.69) is 36.5 Å². The van der Waals surface area contributed by atoms with Crippen molar-refractivity contribution in [1.82, 2.24) is 15.3 Å². The molecular weight excluding hydrogens is 360 g/mol. The monoisotopic (exact) mass is 380 g/mol. The zero-order valence-electron chi connectivity index (χ0n) is 13.5. The van der Waals surface area contributed by atoms with Crippen LogP contribution in [0.2, 0.25) is 0 Å². The normalized spacial score (nSPS) is 11.3. The SMILES string of the molecule is CC(C)(C)OC(=O)NCCCNc1ccnc2cc(Br)cnc12. The van der Waals surface area contributed by atoms with Crippen molar-refractivity contribution in [3.05, 3.63) is 29.0 Å². The summed E-state index contributed by atoms with van der Waals surface area (Å²) in [6, 6.07) is 3.82. The van der Waals surface area contributed by atoms with Crippen LogP contribution in [0.25, 0.3) is 11.0 Å². The molecule has 0 bridgehead atoms. The summed E-state index contributed by atoms with van der Waals surface area (Å²) in [5.74, 6) is 0. The Balaban J connectivity index is 1.80. The molecule has 7 heteroatoms. The molecule has 2 aromatic rings. The number of carbonyl (C=O) groups excluding carboxylic acids is 1. The third-order valence-electron chi connectivity index (χ3n) is 2.88. The van der Waals surface area contributed by atoms with Gasteiger partial charge in [0, 0.05) is 30.0 Å². The third-order valence-corrected chi connectivity index (χ3v) is 3.32. The zero-order chi connectivity index (χ0) is 16.9. The highest BCUT2D eigenvalue weighted by molar-refractivity contribution is 9.10. The number of halogens is 1. The van der Waals surface area contributed by atoms with Gasteiger partial charge in [0.2, 0.25) is 0 Å². The summed E-state index contributed by atoms with van der Waals surface area (Å²) in [5, 5.41) is 6.05. The van der Waals surface area contributed by atoms with E-state index in [1.54, 1.807) is 12.4 Å². The lowest BCUT2D eigenvalue weighted by molar-refractivity contribution is 0.0528. The summed E-state index contributed by atoms with van der Waals surface area (Å²) in [5.41, 5.74) is 2.12. The van der Waals surface area contributed by atoms with Gasteiger partial charge in [-0.3, -0.25) is 9.97 Å². The van der Waals surface area contributed by atoms with Crippen LogP contribution < -0.4 is 10.6 Å². The number of alkyl carbamates (subject to hydrolysis) is 1. The molecule has 0 saturated heterocycles. The molecule has 0 aliphatic carbocycles. The fourth-order valence-electron chi connectivity index (χ4n) is 1.96. The Morgan fingerprint density at radius 3 is 2.83 bits per heavy atom. The van der Waals surface area contributed by atoms with Crippen LogP contribution in [-0.2, 0) is 4.74 Å². The first kappa shape index (κ1) is 17.5. The van der Waals surface area contributed by atoms with Gasteiger partial charge in [0.05, 0.1) is 11.2 Å². The average Bonchev–Trinajstić information content (AvgIpc) is 2.44. The van der Waals surface area contributed by atoms with E-state index in [4.69, 9.17) is 4.74 Å².